The zero-order valence-corrected chi connectivity index (χ0v) is 12.8. The van der Waals surface area contributed by atoms with Gasteiger partial charge in [-0.05, 0) is 31.2 Å². The highest BCUT2D eigenvalue weighted by Crippen LogP contribution is 2.21. The number of rotatable bonds is 7. The maximum absolute atomic E-state index is 11.9. The molecular weight excluding hydrogens is 280 g/mol. The first kappa shape index (κ1) is 15.9. The maximum Gasteiger partial charge on any atom is 0.271 e. The largest absolute Gasteiger partial charge is 0.383 e. The van der Waals surface area contributed by atoms with Gasteiger partial charge in [0.2, 0.25) is 0 Å². The van der Waals surface area contributed by atoms with E-state index in [1.54, 1.807) is 19.2 Å². The van der Waals surface area contributed by atoms with Gasteiger partial charge in [0.15, 0.2) is 11.5 Å². The monoisotopic (exact) mass is 300 g/mol. The quantitative estimate of drug-likeness (QED) is 0.792. The van der Waals surface area contributed by atoms with E-state index in [1.165, 1.54) is 0 Å². The van der Waals surface area contributed by atoms with Crippen molar-refractivity contribution < 1.29 is 9.53 Å². The van der Waals surface area contributed by atoms with Gasteiger partial charge in [-0.25, -0.2) is 0 Å². The predicted molar refractivity (Wildman–Crippen MR) is 85.4 cm³/mol. The summed E-state index contributed by atoms with van der Waals surface area (Å²) >= 11 is 0. The third-order valence-corrected chi connectivity index (χ3v) is 3.14. The van der Waals surface area contributed by atoms with Gasteiger partial charge in [0.1, 0.15) is 0 Å². The Hall–Kier alpha value is -2.47. The molecule has 2 aromatic rings. The summed E-state index contributed by atoms with van der Waals surface area (Å²) in [5.74, 6) is 0.459. The third-order valence-electron chi connectivity index (χ3n) is 3.14. The lowest BCUT2D eigenvalue weighted by Crippen LogP contribution is -2.28. The second-order valence-electron chi connectivity index (χ2n) is 4.61. The van der Waals surface area contributed by atoms with Crippen LogP contribution in [0.5, 0.6) is 0 Å². The molecule has 0 aliphatic rings. The van der Waals surface area contributed by atoms with Crippen LogP contribution >= 0.6 is 0 Å². The average molecular weight is 300 g/mol. The summed E-state index contributed by atoms with van der Waals surface area (Å²) in [5.41, 5.74) is 1.33. The minimum Gasteiger partial charge on any atom is -0.383 e. The molecule has 1 aromatic carbocycles. The number of aromatic nitrogens is 2. The van der Waals surface area contributed by atoms with Crippen LogP contribution in [0, 0.1) is 0 Å². The Bertz CT molecular complexity index is 587. The summed E-state index contributed by atoms with van der Waals surface area (Å²) in [6, 6.07) is 13.4. The number of nitrogens with zero attached hydrogens (tertiary/aromatic N) is 3. The molecule has 1 aromatic heterocycles. The first-order valence-electron chi connectivity index (χ1n) is 7.19. The van der Waals surface area contributed by atoms with Crippen LogP contribution in [0.15, 0.2) is 42.5 Å². The molecule has 1 amide bonds. The van der Waals surface area contributed by atoms with Crippen LogP contribution in [-0.2, 0) is 4.74 Å². The van der Waals surface area contributed by atoms with E-state index in [0.29, 0.717) is 24.7 Å². The van der Waals surface area contributed by atoms with Crippen LogP contribution in [0.25, 0.3) is 0 Å². The molecule has 0 spiro atoms. The van der Waals surface area contributed by atoms with Gasteiger partial charge >= 0.3 is 0 Å². The van der Waals surface area contributed by atoms with Gasteiger partial charge in [-0.3, -0.25) is 4.79 Å². The Morgan fingerprint density at radius 1 is 1.18 bits per heavy atom. The van der Waals surface area contributed by atoms with Crippen molar-refractivity contribution in [3.8, 4) is 0 Å². The summed E-state index contributed by atoms with van der Waals surface area (Å²) in [4.78, 5) is 13.9. The average Bonchev–Trinajstić information content (AvgIpc) is 2.57. The van der Waals surface area contributed by atoms with Gasteiger partial charge in [-0.2, -0.15) is 0 Å². The molecule has 116 valence electrons. The van der Waals surface area contributed by atoms with Crippen molar-refractivity contribution in [1.82, 2.24) is 15.5 Å². The summed E-state index contributed by atoms with van der Waals surface area (Å²) in [5, 5.41) is 10.9. The van der Waals surface area contributed by atoms with Gasteiger partial charge in [-0.1, -0.05) is 18.2 Å². The highest BCUT2D eigenvalue weighted by atomic mass is 16.5. The number of para-hydroxylation sites is 1. The minimum atomic E-state index is -0.251. The lowest BCUT2D eigenvalue weighted by molar-refractivity contribution is 0.0931. The molecule has 0 aliphatic carbocycles. The number of methoxy groups -OCH3 is 1. The SMILES string of the molecule is CCN(c1ccccc1)c1ccc(C(=O)NCCOC)nn1. The van der Waals surface area contributed by atoms with Crippen LogP contribution in [-0.4, -0.2) is 42.9 Å². The molecule has 0 bridgehead atoms. The van der Waals surface area contributed by atoms with Crippen molar-refractivity contribution in [1.29, 1.82) is 0 Å². The minimum absolute atomic E-state index is 0.251. The fraction of sp³-hybridized carbons (Fsp3) is 0.312. The summed E-state index contributed by atoms with van der Waals surface area (Å²) in [7, 11) is 1.59. The summed E-state index contributed by atoms with van der Waals surface area (Å²) in [6.07, 6.45) is 0. The first-order chi connectivity index (χ1) is 10.8. The molecule has 1 N–H and O–H groups in total. The van der Waals surface area contributed by atoms with Crippen LogP contribution in [0.3, 0.4) is 0 Å². The maximum atomic E-state index is 11.9. The Balaban J connectivity index is 2.09. The van der Waals surface area contributed by atoms with Crippen molar-refractivity contribution in [3.05, 3.63) is 48.2 Å². The van der Waals surface area contributed by atoms with Gasteiger partial charge < -0.3 is 15.0 Å². The number of carbonyl (C=O) groups is 1. The second-order valence-corrected chi connectivity index (χ2v) is 4.61. The van der Waals surface area contributed by atoms with Gasteiger partial charge in [0, 0.05) is 25.9 Å². The van der Waals surface area contributed by atoms with Crippen LogP contribution < -0.4 is 10.2 Å². The molecule has 0 fully saturated rings. The molecule has 22 heavy (non-hydrogen) atoms. The fourth-order valence-electron chi connectivity index (χ4n) is 2.03. The van der Waals surface area contributed by atoms with Crippen molar-refractivity contribution in [2.45, 2.75) is 6.92 Å². The van der Waals surface area contributed by atoms with Crippen LogP contribution in [0.1, 0.15) is 17.4 Å². The van der Waals surface area contributed by atoms with E-state index in [4.69, 9.17) is 4.74 Å². The highest BCUT2D eigenvalue weighted by Gasteiger charge is 2.11. The van der Waals surface area contributed by atoms with E-state index in [1.807, 2.05) is 42.2 Å². The molecule has 0 radical (unpaired) electrons. The lowest BCUT2D eigenvalue weighted by Gasteiger charge is -2.21. The molecule has 6 nitrogen and oxygen atoms in total. The number of hydrogen-bond acceptors (Lipinski definition) is 5. The smallest absolute Gasteiger partial charge is 0.271 e. The number of hydrogen-bond donors (Lipinski definition) is 1. The van der Waals surface area contributed by atoms with E-state index in [-0.39, 0.29) is 5.91 Å². The molecule has 0 saturated heterocycles. The Morgan fingerprint density at radius 3 is 2.55 bits per heavy atom. The molecule has 0 aliphatic heterocycles. The molecule has 0 saturated carbocycles. The van der Waals surface area contributed by atoms with Gasteiger partial charge in [-0.15, -0.1) is 10.2 Å². The number of nitrogens with one attached hydrogen (secondary N) is 1. The molecule has 0 unspecified atom stereocenters. The summed E-state index contributed by atoms with van der Waals surface area (Å²) < 4.78 is 4.88. The standard InChI is InChI=1S/C16H20N4O2/c1-3-20(13-7-5-4-6-8-13)15-10-9-14(18-19-15)16(21)17-11-12-22-2/h4-10H,3,11-12H2,1-2H3,(H,17,21). The number of benzene rings is 1. The predicted octanol–water partition coefficient (Wildman–Crippen LogP) is 2.01. The number of amides is 1. The molecular formula is C16H20N4O2. The van der Waals surface area contributed by atoms with E-state index in [0.717, 1.165) is 12.2 Å². The van der Waals surface area contributed by atoms with Crippen molar-refractivity contribution in [2.24, 2.45) is 0 Å². The van der Waals surface area contributed by atoms with Gasteiger partial charge in [0.25, 0.3) is 5.91 Å². The van der Waals surface area contributed by atoms with E-state index in [2.05, 4.69) is 15.5 Å². The highest BCUT2D eigenvalue weighted by molar-refractivity contribution is 5.92. The Kier molecular flexibility index (Phi) is 5.85. The first-order valence-corrected chi connectivity index (χ1v) is 7.19. The molecule has 0 atom stereocenters. The molecule has 1 heterocycles. The lowest BCUT2D eigenvalue weighted by atomic mass is 10.2. The van der Waals surface area contributed by atoms with E-state index in [9.17, 15) is 4.79 Å². The van der Waals surface area contributed by atoms with E-state index >= 15 is 0 Å². The number of carbonyl (C=O) groups excluding carboxylic acids is 1. The third kappa shape index (κ3) is 4.02. The van der Waals surface area contributed by atoms with Crippen molar-refractivity contribution in [3.63, 3.8) is 0 Å². The van der Waals surface area contributed by atoms with Crippen molar-refractivity contribution >= 4 is 17.4 Å². The number of anilines is 2. The van der Waals surface area contributed by atoms with Crippen molar-refractivity contribution in [2.75, 3.05) is 31.7 Å². The molecule has 2 rings (SSSR count). The van der Waals surface area contributed by atoms with E-state index < -0.39 is 0 Å². The summed E-state index contributed by atoms with van der Waals surface area (Å²) in [6.45, 7) is 3.72. The van der Waals surface area contributed by atoms with Gasteiger partial charge in [0.05, 0.1) is 6.61 Å². The van der Waals surface area contributed by atoms with Crippen LogP contribution in [0.4, 0.5) is 11.5 Å². The normalized spacial score (nSPS) is 10.3. The topological polar surface area (TPSA) is 67.4 Å². The Morgan fingerprint density at radius 2 is 1.95 bits per heavy atom. The Labute approximate surface area is 130 Å². The second kappa shape index (κ2) is 8.09. The van der Waals surface area contributed by atoms with Crippen LogP contribution in [0.2, 0.25) is 0 Å². The molecule has 6 heteroatoms. The fourth-order valence-corrected chi connectivity index (χ4v) is 2.03. The zero-order chi connectivity index (χ0) is 15.8. The number of ether oxygens (including phenoxy) is 1. The zero-order valence-electron chi connectivity index (χ0n) is 12.8.